The zero-order chi connectivity index (χ0) is 10.6. The van der Waals surface area contributed by atoms with Crippen molar-refractivity contribution < 1.29 is 4.79 Å². The summed E-state index contributed by atoms with van der Waals surface area (Å²) in [5.74, 6) is 2.39. The second-order valence-electron chi connectivity index (χ2n) is 2.44. The third-order valence-electron chi connectivity index (χ3n) is 1.42. The van der Waals surface area contributed by atoms with E-state index in [0.29, 0.717) is 5.82 Å². The molecule has 0 atom stereocenters. The second kappa shape index (κ2) is 5.13. The van der Waals surface area contributed by atoms with Gasteiger partial charge in [0.05, 0.1) is 5.69 Å². The number of hydrogen-bond acceptors (Lipinski definition) is 2. The van der Waals surface area contributed by atoms with Gasteiger partial charge in [-0.05, 0) is 39.8 Å². The Labute approximate surface area is 98.6 Å². The van der Waals surface area contributed by atoms with E-state index in [1.165, 1.54) is 0 Å². The smallest absolute Gasteiger partial charge is 0.300 e. The van der Waals surface area contributed by atoms with Crippen molar-refractivity contribution in [3.63, 3.8) is 0 Å². The van der Waals surface area contributed by atoms with Crippen LogP contribution in [0.5, 0.6) is 0 Å². The van der Waals surface area contributed by atoms with Crippen molar-refractivity contribution in [3.05, 3.63) is 22.3 Å². The first kappa shape index (κ1) is 11.2. The quantitative estimate of drug-likeness (QED) is 0.808. The first-order valence-corrected chi connectivity index (χ1v) is 5.28. The average Bonchev–Trinajstić information content (AvgIpc) is 2.12. The van der Waals surface area contributed by atoms with Crippen molar-refractivity contribution in [2.75, 3.05) is 5.32 Å². The van der Waals surface area contributed by atoms with Crippen LogP contribution >= 0.6 is 31.9 Å². The molecule has 0 aromatic carbocycles. The molecular formula is C9H6Br2N2O. The maximum absolute atomic E-state index is 11.0. The third kappa shape index (κ3) is 3.13. The van der Waals surface area contributed by atoms with Gasteiger partial charge in [0, 0.05) is 26.3 Å². The SMILES string of the molecule is Cc1nc(NC(=O)C#CBr)ccc1Br. The number of pyridine rings is 1. The Morgan fingerprint density at radius 2 is 2.29 bits per heavy atom. The highest BCUT2D eigenvalue weighted by atomic mass is 79.9. The molecule has 1 rings (SSSR count). The number of rotatable bonds is 1. The summed E-state index contributed by atoms with van der Waals surface area (Å²) < 4.78 is 0.905. The molecule has 0 bridgehead atoms. The minimum Gasteiger partial charge on any atom is -0.300 e. The zero-order valence-corrected chi connectivity index (χ0v) is 10.4. The lowest BCUT2D eigenvalue weighted by molar-refractivity contribution is -0.111. The average molecular weight is 318 g/mol. The summed E-state index contributed by atoms with van der Waals surface area (Å²) in [4.78, 5) is 17.5. The number of nitrogens with zero attached hydrogens (tertiary/aromatic N) is 1. The first-order chi connectivity index (χ1) is 6.63. The Morgan fingerprint density at radius 1 is 1.57 bits per heavy atom. The molecule has 1 N–H and O–H groups in total. The number of aryl methyl sites for hydroxylation is 1. The van der Waals surface area contributed by atoms with Crippen LogP contribution in [-0.4, -0.2) is 10.9 Å². The fourth-order valence-corrected chi connectivity index (χ4v) is 1.21. The van der Waals surface area contributed by atoms with Gasteiger partial charge in [0.2, 0.25) is 0 Å². The molecule has 72 valence electrons. The van der Waals surface area contributed by atoms with E-state index in [1.807, 2.05) is 13.0 Å². The summed E-state index contributed by atoms with van der Waals surface area (Å²) >= 11 is 6.16. The van der Waals surface area contributed by atoms with Crippen LogP contribution in [0.4, 0.5) is 5.82 Å². The number of carbonyl (C=O) groups is 1. The van der Waals surface area contributed by atoms with E-state index in [4.69, 9.17) is 0 Å². The number of nitrogens with one attached hydrogen (secondary N) is 1. The standard InChI is InChI=1S/C9H6Br2N2O/c1-6-7(11)2-3-8(12-6)13-9(14)4-5-10/h2-3H,1H3,(H,12,13,14). The molecule has 0 saturated heterocycles. The molecule has 0 unspecified atom stereocenters. The normalized spacial score (nSPS) is 8.79. The minimum absolute atomic E-state index is 0.393. The molecule has 0 radical (unpaired) electrons. The summed E-state index contributed by atoms with van der Waals surface area (Å²) in [6.07, 6.45) is 0. The number of aromatic nitrogens is 1. The topological polar surface area (TPSA) is 42.0 Å². The van der Waals surface area contributed by atoms with Crippen molar-refractivity contribution in [1.29, 1.82) is 0 Å². The predicted molar refractivity (Wildman–Crippen MR) is 62.0 cm³/mol. The van der Waals surface area contributed by atoms with Crippen LogP contribution in [0.1, 0.15) is 5.69 Å². The lowest BCUT2D eigenvalue weighted by Gasteiger charge is -2.02. The van der Waals surface area contributed by atoms with E-state index < -0.39 is 5.91 Å². The van der Waals surface area contributed by atoms with Gasteiger partial charge in [-0.1, -0.05) is 0 Å². The van der Waals surface area contributed by atoms with Gasteiger partial charge in [-0.3, -0.25) is 10.1 Å². The highest BCUT2D eigenvalue weighted by Gasteiger charge is 2.01. The predicted octanol–water partition coefficient (Wildman–Crippen LogP) is 2.45. The summed E-state index contributed by atoms with van der Waals surface area (Å²) in [6.45, 7) is 1.84. The van der Waals surface area contributed by atoms with Gasteiger partial charge < -0.3 is 0 Å². The van der Waals surface area contributed by atoms with E-state index in [0.717, 1.165) is 10.2 Å². The van der Waals surface area contributed by atoms with Crippen LogP contribution in [0, 0.1) is 17.7 Å². The van der Waals surface area contributed by atoms with Gasteiger partial charge in [0.1, 0.15) is 5.82 Å². The van der Waals surface area contributed by atoms with Crippen LogP contribution < -0.4 is 5.32 Å². The van der Waals surface area contributed by atoms with Crippen LogP contribution in [0.3, 0.4) is 0 Å². The maximum Gasteiger partial charge on any atom is 0.302 e. The number of halogens is 2. The van der Waals surface area contributed by atoms with E-state index in [1.54, 1.807) is 6.07 Å². The third-order valence-corrected chi connectivity index (χ3v) is 2.46. The number of anilines is 1. The van der Waals surface area contributed by atoms with Crippen molar-refractivity contribution >= 4 is 43.6 Å². The summed E-state index contributed by atoms with van der Waals surface area (Å²) in [6, 6.07) is 3.52. The molecule has 1 amide bonds. The molecule has 0 spiro atoms. The molecule has 5 heteroatoms. The van der Waals surface area contributed by atoms with Crippen molar-refractivity contribution in [3.8, 4) is 10.8 Å². The molecule has 0 aliphatic carbocycles. The maximum atomic E-state index is 11.0. The fraction of sp³-hybridized carbons (Fsp3) is 0.111. The molecule has 0 fully saturated rings. The molecule has 3 nitrogen and oxygen atoms in total. The molecule has 0 aliphatic heterocycles. The molecule has 1 aromatic heterocycles. The summed E-state index contributed by atoms with van der Waals surface area (Å²) in [5.41, 5.74) is 0.814. The van der Waals surface area contributed by atoms with Gasteiger partial charge in [0.25, 0.3) is 0 Å². The lowest BCUT2D eigenvalue weighted by Crippen LogP contribution is -2.09. The van der Waals surface area contributed by atoms with Crippen LogP contribution in [0.25, 0.3) is 0 Å². The van der Waals surface area contributed by atoms with E-state index >= 15 is 0 Å². The van der Waals surface area contributed by atoms with Crippen LogP contribution in [-0.2, 0) is 4.79 Å². The number of carbonyl (C=O) groups excluding carboxylic acids is 1. The van der Waals surface area contributed by atoms with Crippen molar-refractivity contribution in [2.24, 2.45) is 0 Å². The largest absolute Gasteiger partial charge is 0.302 e. The van der Waals surface area contributed by atoms with Crippen molar-refractivity contribution in [1.82, 2.24) is 4.98 Å². The Morgan fingerprint density at radius 3 is 2.86 bits per heavy atom. The van der Waals surface area contributed by atoms with Gasteiger partial charge in [0.15, 0.2) is 0 Å². The van der Waals surface area contributed by atoms with Crippen LogP contribution in [0.15, 0.2) is 16.6 Å². The molecule has 1 heterocycles. The summed E-state index contributed by atoms with van der Waals surface area (Å²) in [7, 11) is 0. The van der Waals surface area contributed by atoms with Gasteiger partial charge in [-0.25, -0.2) is 4.98 Å². The number of amides is 1. The minimum atomic E-state index is -0.393. The zero-order valence-electron chi connectivity index (χ0n) is 7.27. The molecule has 1 aromatic rings. The van der Waals surface area contributed by atoms with Crippen molar-refractivity contribution in [2.45, 2.75) is 6.92 Å². The van der Waals surface area contributed by atoms with Gasteiger partial charge >= 0.3 is 5.91 Å². The summed E-state index contributed by atoms with van der Waals surface area (Å²) in [5, 5.41) is 2.54. The highest BCUT2D eigenvalue weighted by molar-refractivity contribution is 9.12. The van der Waals surface area contributed by atoms with E-state index in [2.05, 4.69) is 52.9 Å². The van der Waals surface area contributed by atoms with Gasteiger partial charge in [-0.15, -0.1) is 0 Å². The van der Waals surface area contributed by atoms with Crippen LogP contribution in [0.2, 0.25) is 0 Å². The lowest BCUT2D eigenvalue weighted by atomic mass is 10.4. The van der Waals surface area contributed by atoms with Gasteiger partial charge in [-0.2, -0.15) is 0 Å². The van der Waals surface area contributed by atoms with E-state index in [9.17, 15) is 4.79 Å². The molecular weight excluding hydrogens is 312 g/mol. The number of hydrogen-bond donors (Lipinski definition) is 1. The Bertz CT molecular complexity index is 421. The molecule has 0 saturated carbocycles. The fourth-order valence-electron chi connectivity index (χ4n) is 0.804. The molecule has 14 heavy (non-hydrogen) atoms. The Balaban J connectivity index is 2.81. The highest BCUT2D eigenvalue weighted by Crippen LogP contribution is 2.15. The molecule has 0 aliphatic rings. The Kier molecular flexibility index (Phi) is 4.11. The monoisotopic (exact) mass is 316 g/mol. The Hall–Kier alpha value is -0.860. The second-order valence-corrected chi connectivity index (χ2v) is 3.69. The first-order valence-electron chi connectivity index (χ1n) is 3.69. The van der Waals surface area contributed by atoms with E-state index in [-0.39, 0.29) is 0 Å².